The summed E-state index contributed by atoms with van der Waals surface area (Å²) in [6.07, 6.45) is 7.85. The molecule has 3 heteroatoms. The Morgan fingerprint density at radius 2 is 2.05 bits per heavy atom. The van der Waals surface area contributed by atoms with Crippen LogP contribution in [0.15, 0.2) is 18.2 Å². The third-order valence-corrected chi connectivity index (χ3v) is 4.59. The van der Waals surface area contributed by atoms with E-state index >= 15 is 0 Å². The fourth-order valence-corrected chi connectivity index (χ4v) is 3.29. The van der Waals surface area contributed by atoms with Gasteiger partial charge in [-0.3, -0.25) is 0 Å². The van der Waals surface area contributed by atoms with Crippen molar-refractivity contribution in [2.24, 2.45) is 5.92 Å². The zero-order valence-corrected chi connectivity index (χ0v) is 12.3. The zero-order valence-electron chi connectivity index (χ0n) is 11.6. The van der Waals surface area contributed by atoms with Crippen molar-refractivity contribution in [2.75, 3.05) is 0 Å². The molecule has 1 nitrogen and oxygen atoms in total. The number of hydrogen-bond donors (Lipinski definition) is 1. The van der Waals surface area contributed by atoms with Crippen molar-refractivity contribution in [3.8, 4) is 0 Å². The van der Waals surface area contributed by atoms with Crippen molar-refractivity contribution in [2.45, 2.75) is 58.0 Å². The first-order valence-electron chi connectivity index (χ1n) is 7.38. The van der Waals surface area contributed by atoms with Crippen LogP contribution >= 0.6 is 11.6 Å². The van der Waals surface area contributed by atoms with Crippen LogP contribution in [0.4, 0.5) is 4.39 Å². The van der Waals surface area contributed by atoms with E-state index in [4.69, 9.17) is 11.6 Å². The number of halogens is 2. The summed E-state index contributed by atoms with van der Waals surface area (Å²) in [5, 5.41) is 4.22. The zero-order chi connectivity index (χ0) is 13.7. The lowest BCUT2D eigenvalue weighted by atomic mass is 9.83. The smallest absolute Gasteiger partial charge is 0.123 e. The average Bonchev–Trinajstić information content (AvgIpc) is 2.44. The Morgan fingerprint density at radius 3 is 2.74 bits per heavy atom. The van der Waals surface area contributed by atoms with Crippen LogP contribution in [0.25, 0.3) is 0 Å². The van der Waals surface area contributed by atoms with E-state index in [2.05, 4.69) is 12.2 Å². The molecule has 2 rings (SSSR count). The van der Waals surface area contributed by atoms with Gasteiger partial charge in [-0.1, -0.05) is 37.8 Å². The van der Waals surface area contributed by atoms with E-state index in [9.17, 15) is 4.39 Å². The normalized spacial score (nSPS) is 18.5. The van der Waals surface area contributed by atoms with E-state index in [0.29, 0.717) is 17.6 Å². The first-order chi connectivity index (χ1) is 9.20. The predicted molar refractivity (Wildman–Crippen MR) is 78.9 cm³/mol. The summed E-state index contributed by atoms with van der Waals surface area (Å²) >= 11 is 6.10. The van der Waals surface area contributed by atoms with Gasteiger partial charge in [0.05, 0.1) is 0 Å². The Labute approximate surface area is 120 Å². The predicted octanol–water partition coefficient (Wildman–Crippen LogP) is 4.93. The average molecular weight is 284 g/mol. The van der Waals surface area contributed by atoms with Crippen LogP contribution < -0.4 is 5.32 Å². The molecule has 1 atom stereocenters. The van der Waals surface area contributed by atoms with Crippen molar-refractivity contribution in [3.05, 3.63) is 34.6 Å². The minimum Gasteiger partial charge on any atom is -0.310 e. The molecule has 0 saturated heterocycles. The molecule has 1 aliphatic carbocycles. The molecule has 106 valence electrons. The van der Waals surface area contributed by atoms with Crippen LogP contribution in [0.2, 0.25) is 5.02 Å². The van der Waals surface area contributed by atoms with Gasteiger partial charge in [0.1, 0.15) is 5.82 Å². The van der Waals surface area contributed by atoms with Gasteiger partial charge >= 0.3 is 0 Å². The number of benzene rings is 1. The van der Waals surface area contributed by atoms with Gasteiger partial charge in [-0.15, -0.1) is 0 Å². The Bertz CT molecular complexity index is 402. The molecule has 1 aromatic carbocycles. The van der Waals surface area contributed by atoms with Gasteiger partial charge in [0.25, 0.3) is 0 Å². The van der Waals surface area contributed by atoms with E-state index in [1.165, 1.54) is 44.2 Å². The topological polar surface area (TPSA) is 12.0 Å². The first kappa shape index (κ1) is 14.8. The molecule has 0 aromatic heterocycles. The number of rotatable bonds is 5. The number of nitrogens with one attached hydrogen (secondary N) is 1. The minimum atomic E-state index is -0.216. The Balaban J connectivity index is 1.93. The maximum absolute atomic E-state index is 13.2. The lowest BCUT2D eigenvalue weighted by Crippen LogP contribution is -2.36. The summed E-state index contributed by atoms with van der Waals surface area (Å²) in [6, 6.07) is 5.10. The van der Waals surface area contributed by atoms with Gasteiger partial charge in [0, 0.05) is 17.6 Å². The summed E-state index contributed by atoms with van der Waals surface area (Å²) < 4.78 is 13.2. The van der Waals surface area contributed by atoms with Crippen molar-refractivity contribution in [1.29, 1.82) is 0 Å². The molecular formula is C16H23ClFN. The maximum Gasteiger partial charge on any atom is 0.123 e. The summed E-state index contributed by atoms with van der Waals surface area (Å²) in [6.45, 7) is 2.88. The third kappa shape index (κ3) is 4.19. The fourth-order valence-electron chi connectivity index (χ4n) is 3.10. The van der Waals surface area contributed by atoms with Crippen LogP contribution in [-0.4, -0.2) is 6.04 Å². The van der Waals surface area contributed by atoms with Crippen molar-refractivity contribution in [3.63, 3.8) is 0 Å². The third-order valence-electron chi connectivity index (χ3n) is 4.22. The van der Waals surface area contributed by atoms with Crippen LogP contribution in [0, 0.1) is 11.7 Å². The highest BCUT2D eigenvalue weighted by atomic mass is 35.5. The second-order valence-electron chi connectivity index (χ2n) is 5.53. The molecule has 19 heavy (non-hydrogen) atoms. The standard InChI is InChI=1S/C16H23ClFN/c1-2-16(12-6-4-3-5-7-12)19-11-13-10-14(18)8-9-15(13)17/h8-10,12,16,19H,2-7,11H2,1H3. The number of hydrogen-bond acceptors (Lipinski definition) is 1. The highest BCUT2D eigenvalue weighted by Crippen LogP contribution is 2.28. The van der Waals surface area contributed by atoms with Crippen LogP contribution in [0.1, 0.15) is 51.0 Å². The Kier molecular flexibility index (Phi) is 5.65. The molecule has 0 radical (unpaired) electrons. The molecule has 1 N–H and O–H groups in total. The molecule has 1 aliphatic rings. The van der Waals surface area contributed by atoms with Crippen molar-refractivity contribution >= 4 is 11.6 Å². The maximum atomic E-state index is 13.2. The lowest BCUT2D eigenvalue weighted by molar-refractivity contribution is 0.261. The van der Waals surface area contributed by atoms with Gasteiger partial charge in [-0.2, -0.15) is 0 Å². The second-order valence-corrected chi connectivity index (χ2v) is 5.94. The minimum absolute atomic E-state index is 0.216. The molecule has 0 aliphatic heterocycles. The summed E-state index contributed by atoms with van der Waals surface area (Å²) in [5.41, 5.74) is 0.857. The quantitative estimate of drug-likeness (QED) is 0.808. The van der Waals surface area contributed by atoms with Crippen LogP contribution in [0.5, 0.6) is 0 Å². The molecule has 1 unspecified atom stereocenters. The summed E-state index contributed by atoms with van der Waals surface area (Å²) in [7, 11) is 0. The monoisotopic (exact) mass is 283 g/mol. The summed E-state index contributed by atoms with van der Waals surface area (Å²) in [5.74, 6) is 0.554. The van der Waals surface area contributed by atoms with Gasteiger partial charge in [-0.05, 0) is 48.9 Å². The van der Waals surface area contributed by atoms with Gasteiger partial charge in [0.15, 0.2) is 0 Å². The molecule has 1 saturated carbocycles. The fraction of sp³-hybridized carbons (Fsp3) is 0.625. The highest BCUT2D eigenvalue weighted by Gasteiger charge is 2.21. The second kappa shape index (κ2) is 7.25. The lowest BCUT2D eigenvalue weighted by Gasteiger charge is -2.30. The van der Waals surface area contributed by atoms with E-state index in [1.54, 1.807) is 6.07 Å². The molecule has 0 amide bonds. The Morgan fingerprint density at radius 1 is 1.32 bits per heavy atom. The molecule has 1 aromatic rings. The highest BCUT2D eigenvalue weighted by molar-refractivity contribution is 6.31. The van der Waals surface area contributed by atoms with E-state index in [1.807, 2.05) is 0 Å². The summed E-state index contributed by atoms with van der Waals surface area (Å²) in [4.78, 5) is 0. The van der Waals surface area contributed by atoms with Gasteiger partial charge in [-0.25, -0.2) is 4.39 Å². The van der Waals surface area contributed by atoms with E-state index in [0.717, 1.165) is 17.9 Å². The molecule has 1 fully saturated rings. The van der Waals surface area contributed by atoms with Gasteiger partial charge < -0.3 is 5.32 Å². The van der Waals surface area contributed by atoms with Crippen LogP contribution in [0.3, 0.4) is 0 Å². The molecular weight excluding hydrogens is 261 g/mol. The SMILES string of the molecule is CCC(NCc1cc(F)ccc1Cl)C1CCCCC1. The molecule has 0 bridgehead atoms. The first-order valence-corrected chi connectivity index (χ1v) is 7.75. The molecule has 0 spiro atoms. The van der Waals surface area contributed by atoms with Crippen molar-refractivity contribution in [1.82, 2.24) is 5.32 Å². The van der Waals surface area contributed by atoms with Crippen LogP contribution in [-0.2, 0) is 6.54 Å². The van der Waals surface area contributed by atoms with Crippen molar-refractivity contribution < 1.29 is 4.39 Å². The van der Waals surface area contributed by atoms with E-state index in [-0.39, 0.29) is 5.82 Å². The Hall–Kier alpha value is -0.600. The van der Waals surface area contributed by atoms with Gasteiger partial charge in [0.2, 0.25) is 0 Å². The molecule has 0 heterocycles. The largest absolute Gasteiger partial charge is 0.310 e. The van der Waals surface area contributed by atoms with E-state index < -0.39 is 0 Å².